The summed E-state index contributed by atoms with van der Waals surface area (Å²) in [4.78, 5) is 19.0. The Balaban J connectivity index is 1.98. The Labute approximate surface area is 112 Å². The van der Waals surface area contributed by atoms with Crippen molar-refractivity contribution in [2.45, 2.75) is 6.42 Å². The number of nitrogens with one attached hydrogen (secondary N) is 1. The molecule has 0 aromatic carbocycles. The molecule has 2 N–H and O–H groups in total. The van der Waals surface area contributed by atoms with Crippen LogP contribution in [0.15, 0.2) is 23.7 Å². The molecular formula is C11H10ClN3O2S. The second-order valence-corrected chi connectivity index (χ2v) is 4.84. The number of anilines is 1. The minimum absolute atomic E-state index is 0.117. The first-order valence-electron chi connectivity index (χ1n) is 5.18. The number of carbonyl (C=O) groups is 1. The number of carboxylic acids is 1. The zero-order chi connectivity index (χ0) is 13.0. The highest BCUT2D eigenvalue weighted by molar-refractivity contribution is 7.09. The Morgan fingerprint density at radius 3 is 3.00 bits per heavy atom. The maximum atomic E-state index is 10.8. The zero-order valence-corrected chi connectivity index (χ0v) is 10.8. The second-order valence-electron chi connectivity index (χ2n) is 3.47. The molecule has 0 bridgehead atoms. The van der Waals surface area contributed by atoms with Crippen LogP contribution in [0, 0.1) is 0 Å². The van der Waals surface area contributed by atoms with Gasteiger partial charge in [-0.3, -0.25) is 0 Å². The Bertz CT molecular complexity index is 545. The summed E-state index contributed by atoms with van der Waals surface area (Å²) in [5, 5.41) is 15.0. The van der Waals surface area contributed by atoms with Crippen molar-refractivity contribution in [3.8, 4) is 0 Å². The highest BCUT2D eigenvalue weighted by Crippen LogP contribution is 2.15. The lowest BCUT2D eigenvalue weighted by atomic mass is 10.2. The zero-order valence-electron chi connectivity index (χ0n) is 9.26. The summed E-state index contributed by atoms with van der Waals surface area (Å²) in [5.41, 5.74) is 0.117. The van der Waals surface area contributed by atoms with E-state index in [9.17, 15) is 4.79 Å². The molecule has 2 aromatic heterocycles. The number of thiazole rings is 1. The fourth-order valence-electron chi connectivity index (χ4n) is 1.38. The monoisotopic (exact) mass is 283 g/mol. The molecule has 2 aromatic rings. The van der Waals surface area contributed by atoms with E-state index in [4.69, 9.17) is 16.7 Å². The van der Waals surface area contributed by atoms with Gasteiger partial charge < -0.3 is 10.4 Å². The average molecular weight is 284 g/mol. The predicted octanol–water partition coefficient (Wildman–Crippen LogP) is 2.54. The lowest BCUT2D eigenvalue weighted by Gasteiger charge is -2.05. The van der Waals surface area contributed by atoms with Crippen molar-refractivity contribution in [3.05, 3.63) is 39.4 Å². The third-order valence-corrected chi connectivity index (χ3v) is 3.20. The fourth-order valence-corrected chi connectivity index (χ4v) is 2.21. The molecule has 0 spiro atoms. The van der Waals surface area contributed by atoms with Crippen LogP contribution in [0.1, 0.15) is 15.4 Å². The van der Waals surface area contributed by atoms with Gasteiger partial charge in [0.25, 0.3) is 0 Å². The van der Waals surface area contributed by atoms with Crippen LogP contribution in [0.5, 0.6) is 0 Å². The van der Waals surface area contributed by atoms with Crippen LogP contribution < -0.4 is 5.32 Å². The minimum Gasteiger partial charge on any atom is -0.478 e. The van der Waals surface area contributed by atoms with E-state index in [2.05, 4.69) is 15.3 Å². The number of nitrogens with zero attached hydrogens (tertiary/aromatic N) is 2. The number of hydrogen-bond acceptors (Lipinski definition) is 5. The first-order valence-corrected chi connectivity index (χ1v) is 6.44. The van der Waals surface area contributed by atoms with E-state index in [0.717, 1.165) is 11.4 Å². The topological polar surface area (TPSA) is 75.1 Å². The fraction of sp³-hybridized carbons (Fsp3) is 0.182. The van der Waals surface area contributed by atoms with Crippen LogP contribution in [0.25, 0.3) is 0 Å². The van der Waals surface area contributed by atoms with Crippen molar-refractivity contribution in [2.75, 3.05) is 11.9 Å². The molecule has 18 heavy (non-hydrogen) atoms. The summed E-state index contributed by atoms with van der Waals surface area (Å²) in [6.45, 7) is 0.625. The number of pyridine rings is 1. The van der Waals surface area contributed by atoms with E-state index in [-0.39, 0.29) is 10.7 Å². The van der Waals surface area contributed by atoms with Gasteiger partial charge in [-0.05, 0) is 12.1 Å². The van der Waals surface area contributed by atoms with Gasteiger partial charge in [0.1, 0.15) is 11.0 Å². The Morgan fingerprint density at radius 2 is 2.33 bits per heavy atom. The van der Waals surface area contributed by atoms with Gasteiger partial charge >= 0.3 is 5.97 Å². The molecule has 5 nitrogen and oxygen atoms in total. The lowest BCUT2D eigenvalue weighted by Crippen LogP contribution is -2.07. The molecule has 0 amide bonds. The van der Waals surface area contributed by atoms with E-state index in [1.54, 1.807) is 17.5 Å². The van der Waals surface area contributed by atoms with Gasteiger partial charge in [-0.25, -0.2) is 14.8 Å². The third-order valence-electron chi connectivity index (χ3n) is 2.17. The standard InChI is InChI=1S/C11H10ClN3O2S/c12-8-5-7(11(16)17)6-9(15-8)13-2-1-10-14-3-4-18-10/h3-6H,1-2H2,(H,13,15)(H,16,17). The van der Waals surface area contributed by atoms with Crippen molar-refractivity contribution < 1.29 is 9.90 Å². The molecule has 0 saturated carbocycles. The summed E-state index contributed by atoms with van der Waals surface area (Å²) in [6, 6.07) is 2.77. The molecule has 0 aliphatic heterocycles. The largest absolute Gasteiger partial charge is 0.478 e. The van der Waals surface area contributed by atoms with Crippen LogP contribution in [0.2, 0.25) is 5.15 Å². The van der Waals surface area contributed by atoms with Gasteiger partial charge in [0.15, 0.2) is 0 Å². The molecule has 0 aliphatic rings. The molecule has 0 unspecified atom stereocenters. The summed E-state index contributed by atoms with van der Waals surface area (Å²) in [5.74, 6) is -0.571. The van der Waals surface area contributed by atoms with Gasteiger partial charge in [-0.15, -0.1) is 11.3 Å². The number of carboxylic acid groups (broad SMARTS) is 1. The Morgan fingerprint density at radius 1 is 1.50 bits per heavy atom. The number of hydrogen-bond donors (Lipinski definition) is 2. The van der Waals surface area contributed by atoms with Gasteiger partial charge in [-0.1, -0.05) is 11.6 Å². The second kappa shape index (κ2) is 5.79. The molecule has 0 fully saturated rings. The normalized spacial score (nSPS) is 10.3. The summed E-state index contributed by atoms with van der Waals surface area (Å²) in [6.07, 6.45) is 2.51. The molecule has 0 radical (unpaired) electrons. The highest BCUT2D eigenvalue weighted by Gasteiger charge is 2.07. The van der Waals surface area contributed by atoms with Gasteiger partial charge in [0.05, 0.1) is 10.6 Å². The number of halogens is 1. The first-order chi connectivity index (χ1) is 8.65. The van der Waals surface area contributed by atoms with Crippen LogP contribution in [0.4, 0.5) is 5.82 Å². The SMILES string of the molecule is O=C(O)c1cc(Cl)nc(NCCc2nccs2)c1. The van der Waals surface area contributed by atoms with E-state index in [0.29, 0.717) is 12.4 Å². The Hall–Kier alpha value is -1.66. The van der Waals surface area contributed by atoms with Crippen molar-refractivity contribution in [1.82, 2.24) is 9.97 Å². The van der Waals surface area contributed by atoms with Crippen molar-refractivity contribution in [2.24, 2.45) is 0 Å². The molecule has 0 saturated heterocycles. The highest BCUT2D eigenvalue weighted by atomic mass is 35.5. The molecular weight excluding hydrogens is 274 g/mol. The van der Waals surface area contributed by atoms with Gasteiger partial charge in [0, 0.05) is 24.5 Å². The molecule has 7 heteroatoms. The molecule has 0 aliphatic carbocycles. The van der Waals surface area contributed by atoms with Gasteiger partial charge in [0.2, 0.25) is 0 Å². The van der Waals surface area contributed by atoms with Crippen molar-refractivity contribution in [3.63, 3.8) is 0 Å². The maximum Gasteiger partial charge on any atom is 0.335 e. The Kier molecular flexibility index (Phi) is 4.11. The average Bonchev–Trinajstić information content (AvgIpc) is 2.81. The van der Waals surface area contributed by atoms with Crippen molar-refractivity contribution in [1.29, 1.82) is 0 Å². The summed E-state index contributed by atoms with van der Waals surface area (Å²) in [7, 11) is 0. The molecule has 0 atom stereocenters. The van der Waals surface area contributed by atoms with Gasteiger partial charge in [-0.2, -0.15) is 0 Å². The molecule has 2 heterocycles. The summed E-state index contributed by atoms with van der Waals surface area (Å²) >= 11 is 7.33. The van der Waals surface area contributed by atoms with Crippen molar-refractivity contribution >= 4 is 34.7 Å². The number of aromatic carboxylic acids is 1. The summed E-state index contributed by atoms with van der Waals surface area (Å²) < 4.78 is 0. The van der Waals surface area contributed by atoms with Crippen LogP contribution in [0.3, 0.4) is 0 Å². The third kappa shape index (κ3) is 3.41. The van der Waals surface area contributed by atoms with Crippen LogP contribution in [-0.4, -0.2) is 27.6 Å². The van der Waals surface area contributed by atoms with E-state index in [1.165, 1.54) is 12.1 Å². The number of aromatic nitrogens is 2. The maximum absolute atomic E-state index is 10.8. The lowest BCUT2D eigenvalue weighted by molar-refractivity contribution is 0.0697. The number of rotatable bonds is 5. The van der Waals surface area contributed by atoms with Crippen LogP contribution in [-0.2, 0) is 6.42 Å². The molecule has 94 valence electrons. The first kappa shape index (κ1) is 12.8. The predicted molar refractivity (Wildman–Crippen MR) is 70.5 cm³/mol. The van der Waals surface area contributed by atoms with E-state index < -0.39 is 5.97 Å². The quantitative estimate of drug-likeness (QED) is 0.825. The smallest absolute Gasteiger partial charge is 0.335 e. The van der Waals surface area contributed by atoms with E-state index in [1.807, 2.05) is 5.38 Å². The van der Waals surface area contributed by atoms with E-state index >= 15 is 0 Å². The molecule has 2 rings (SSSR count). The van der Waals surface area contributed by atoms with Crippen LogP contribution >= 0.6 is 22.9 Å². The minimum atomic E-state index is -1.03.